The van der Waals surface area contributed by atoms with Gasteiger partial charge in [-0.2, -0.15) is 0 Å². The minimum Gasteiger partial charge on any atom is -0.103 e. The van der Waals surface area contributed by atoms with E-state index < -0.39 is 0 Å². The molecule has 0 spiro atoms. The third kappa shape index (κ3) is 2.39. The third-order valence-corrected chi connectivity index (χ3v) is 2.41. The smallest absolute Gasteiger partial charge is 0.0340 e. The second kappa shape index (κ2) is 4.66. The highest BCUT2D eigenvalue weighted by Gasteiger charge is 1.93. The highest BCUT2D eigenvalue weighted by atomic mass is 14.0. The molecule has 0 saturated carbocycles. The first-order valence-electron chi connectivity index (χ1n) is 5.33. The van der Waals surface area contributed by atoms with E-state index in [1.807, 2.05) is 0 Å². The van der Waals surface area contributed by atoms with Crippen LogP contribution < -0.4 is 0 Å². The maximum atomic E-state index is 3.17. The number of hydrogen-bond donors (Lipinski definition) is 0. The Morgan fingerprint density at radius 1 is 0.933 bits per heavy atom. The molecule has 0 N–H and O–H groups in total. The van der Waals surface area contributed by atoms with Gasteiger partial charge in [-0.25, -0.2) is 0 Å². The monoisotopic (exact) mass is 194 g/mol. The van der Waals surface area contributed by atoms with Crippen LogP contribution in [0.5, 0.6) is 0 Å². The van der Waals surface area contributed by atoms with E-state index in [4.69, 9.17) is 0 Å². The molecule has 0 fully saturated rings. The van der Waals surface area contributed by atoms with Crippen LogP contribution >= 0.6 is 0 Å². The van der Waals surface area contributed by atoms with Gasteiger partial charge in [-0.1, -0.05) is 55.3 Å². The Balaban J connectivity index is 2.30. The zero-order valence-corrected chi connectivity index (χ0v) is 8.96. The molecule has 0 heteroatoms. The van der Waals surface area contributed by atoms with Crippen LogP contribution in [0, 0.1) is 11.8 Å². The molecule has 2 aromatic rings. The lowest BCUT2D eigenvalue weighted by Crippen LogP contribution is -1.81. The Hall–Kier alpha value is -1.74. The van der Waals surface area contributed by atoms with Crippen molar-refractivity contribution in [3.05, 3.63) is 48.0 Å². The molecule has 0 amide bonds. The summed E-state index contributed by atoms with van der Waals surface area (Å²) >= 11 is 0. The summed E-state index contributed by atoms with van der Waals surface area (Å²) in [7, 11) is 0. The van der Waals surface area contributed by atoms with Gasteiger partial charge in [-0.3, -0.25) is 0 Å². The van der Waals surface area contributed by atoms with E-state index in [1.165, 1.54) is 16.3 Å². The van der Waals surface area contributed by atoms with Crippen LogP contribution in [0.15, 0.2) is 42.5 Å². The topological polar surface area (TPSA) is 0 Å². The van der Waals surface area contributed by atoms with Gasteiger partial charge in [0.2, 0.25) is 0 Å². The first kappa shape index (κ1) is 9.80. The highest BCUT2D eigenvalue weighted by molar-refractivity contribution is 5.83. The Labute approximate surface area is 90.9 Å². The van der Waals surface area contributed by atoms with Gasteiger partial charge in [0.1, 0.15) is 0 Å². The highest BCUT2D eigenvalue weighted by Crippen LogP contribution is 2.15. The SMILES string of the molecule is CCC#CCc1ccc2ccccc2c1. The van der Waals surface area contributed by atoms with Crippen molar-refractivity contribution >= 4 is 10.8 Å². The fraction of sp³-hybridized carbons (Fsp3) is 0.200. The normalized spacial score (nSPS) is 9.67. The first-order chi connectivity index (χ1) is 7.40. The number of hydrogen-bond acceptors (Lipinski definition) is 0. The van der Waals surface area contributed by atoms with Crippen molar-refractivity contribution in [1.82, 2.24) is 0 Å². The maximum Gasteiger partial charge on any atom is 0.0340 e. The van der Waals surface area contributed by atoms with E-state index in [2.05, 4.69) is 61.2 Å². The molecule has 2 aromatic carbocycles. The summed E-state index contributed by atoms with van der Waals surface area (Å²) in [5, 5.41) is 2.60. The van der Waals surface area contributed by atoms with E-state index in [0.29, 0.717) is 0 Å². The van der Waals surface area contributed by atoms with Crippen LogP contribution in [-0.2, 0) is 6.42 Å². The molecule has 0 bridgehead atoms. The average Bonchev–Trinajstić information content (AvgIpc) is 2.29. The fourth-order valence-electron chi connectivity index (χ4n) is 1.64. The molecular weight excluding hydrogens is 180 g/mol. The van der Waals surface area contributed by atoms with Crippen molar-refractivity contribution in [3.63, 3.8) is 0 Å². The minimum absolute atomic E-state index is 0.860. The Kier molecular flexibility index (Phi) is 3.05. The number of benzene rings is 2. The molecule has 0 nitrogen and oxygen atoms in total. The fourth-order valence-corrected chi connectivity index (χ4v) is 1.64. The van der Waals surface area contributed by atoms with Gasteiger partial charge in [-0.05, 0) is 16.3 Å². The van der Waals surface area contributed by atoms with Gasteiger partial charge in [0.15, 0.2) is 0 Å². The molecular formula is C15H14. The van der Waals surface area contributed by atoms with Crippen LogP contribution in [0.2, 0.25) is 0 Å². The summed E-state index contributed by atoms with van der Waals surface area (Å²) in [6, 6.07) is 15.0. The standard InChI is InChI=1S/C15H14/c1-2-3-4-7-13-10-11-14-8-5-6-9-15(14)12-13/h5-6,8-12H,2,7H2,1H3. The van der Waals surface area contributed by atoms with Crippen molar-refractivity contribution in [3.8, 4) is 11.8 Å². The second-order valence-electron chi connectivity index (χ2n) is 3.57. The van der Waals surface area contributed by atoms with Crippen LogP contribution in [0.1, 0.15) is 18.9 Å². The van der Waals surface area contributed by atoms with Crippen LogP contribution in [-0.4, -0.2) is 0 Å². The van der Waals surface area contributed by atoms with E-state index in [-0.39, 0.29) is 0 Å². The van der Waals surface area contributed by atoms with Crippen LogP contribution in [0.3, 0.4) is 0 Å². The number of fused-ring (bicyclic) bond motifs is 1. The van der Waals surface area contributed by atoms with E-state index in [1.54, 1.807) is 0 Å². The van der Waals surface area contributed by atoms with Gasteiger partial charge in [0.25, 0.3) is 0 Å². The molecule has 0 heterocycles. The summed E-state index contributed by atoms with van der Waals surface area (Å²) in [6.45, 7) is 2.08. The minimum atomic E-state index is 0.860. The Morgan fingerprint density at radius 3 is 2.53 bits per heavy atom. The zero-order chi connectivity index (χ0) is 10.5. The maximum absolute atomic E-state index is 3.17. The van der Waals surface area contributed by atoms with Crippen molar-refractivity contribution in [2.75, 3.05) is 0 Å². The molecule has 0 aliphatic rings. The molecule has 2 rings (SSSR count). The van der Waals surface area contributed by atoms with E-state index in [9.17, 15) is 0 Å². The van der Waals surface area contributed by atoms with Crippen LogP contribution in [0.4, 0.5) is 0 Å². The van der Waals surface area contributed by atoms with Crippen molar-refractivity contribution in [2.45, 2.75) is 19.8 Å². The Morgan fingerprint density at radius 2 is 1.73 bits per heavy atom. The lowest BCUT2D eigenvalue weighted by atomic mass is 10.1. The second-order valence-corrected chi connectivity index (χ2v) is 3.57. The van der Waals surface area contributed by atoms with Crippen molar-refractivity contribution in [2.24, 2.45) is 0 Å². The Bertz CT molecular complexity index is 512. The van der Waals surface area contributed by atoms with Crippen molar-refractivity contribution in [1.29, 1.82) is 0 Å². The molecule has 15 heavy (non-hydrogen) atoms. The predicted molar refractivity (Wildman–Crippen MR) is 65.7 cm³/mol. The van der Waals surface area contributed by atoms with Gasteiger partial charge < -0.3 is 0 Å². The van der Waals surface area contributed by atoms with Gasteiger partial charge in [0, 0.05) is 12.8 Å². The lowest BCUT2D eigenvalue weighted by Gasteiger charge is -1.99. The molecule has 0 atom stereocenters. The molecule has 0 radical (unpaired) electrons. The summed E-state index contributed by atoms with van der Waals surface area (Å²) in [4.78, 5) is 0. The molecule has 74 valence electrons. The zero-order valence-electron chi connectivity index (χ0n) is 8.96. The van der Waals surface area contributed by atoms with Gasteiger partial charge in [-0.15, -0.1) is 5.92 Å². The summed E-state index contributed by atoms with van der Waals surface area (Å²) in [5.74, 6) is 6.26. The van der Waals surface area contributed by atoms with E-state index in [0.717, 1.165) is 12.8 Å². The average molecular weight is 194 g/mol. The summed E-state index contributed by atoms with van der Waals surface area (Å²) in [6.07, 6.45) is 1.80. The molecule has 0 aromatic heterocycles. The largest absolute Gasteiger partial charge is 0.103 e. The van der Waals surface area contributed by atoms with E-state index >= 15 is 0 Å². The van der Waals surface area contributed by atoms with Crippen LogP contribution in [0.25, 0.3) is 10.8 Å². The molecule has 0 aliphatic heterocycles. The lowest BCUT2D eigenvalue weighted by molar-refractivity contribution is 1.26. The predicted octanol–water partition coefficient (Wildman–Crippen LogP) is 3.80. The summed E-state index contributed by atoms with van der Waals surface area (Å²) in [5.41, 5.74) is 1.30. The first-order valence-corrected chi connectivity index (χ1v) is 5.33. The third-order valence-electron chi connectivity index (χ3n) is 2.41. The molecule has 0 saturated heterocycles. The van der Waals surface area contributed by atoms with Crippen molar-refractivity contribution < 1.29 is 0 Å². The quantitative estimate of drug-likeness (QED) is 0.606. The summed E-state index contributed by atoms with van der Waals surface area (Å²) < 4.78 is 0. The molecule has 0 unspecified atom stereocenters. The van der Waals surface area contributed by atoms with Gasteiger partial charge >= 0.3 is 0 Å². The molecule has 0 aliphatic carbocycles. The van der Waals surface area contributed by atoms with Gasteiger partial charge in [0.05, 0.1) is 0 Å². The number of rotatable bonds is 1.